The Morgan fingerprint density at radius 1 is 0.907 bits per heavy atom. The number of pyridine rings is 2. The minimum absolute atomic E-state index is 0.0923. The molecule has 0 radical (unpaired) electrons. The molecule has 5 aromatic rings. The van der Waals surface area contributed by atoms with Crippen molar-refractivity contribution in [2.24, 2.45) is 0 Å². The molecule has 0 saturated heterocycles. The fourth-order valence-electron chi connectivity index (χ4n) is 3.52. The average Bonchev–Trinajstić information content (AvgIpc) is 2.97. The Morgan fingerprint density at radius 2 is 1.49 bits per heavy atom. The molecule has 0 spiro atoms. The highest BCUT2D eigenvalue weighted by Crippen LogP contribution is 2.22. The van der Waals surface area contributed by atoms with Gasteiger partial charge in [-0.05, 0) is 108 Å². The van der Waals surface area contributed by atoms with Crippen LogP contribution < -0.4 is 16.4 Å². The molecule has 1 amide bonds. The lowest BCUT2D eigenvalue weighted by atomic mass is 10.2. The summed E-state index contributed by atoms with van der Waals surface area (Å²) in [7, 11) is 0. The molecule has 0 unspecified atom stereocenters. The van der Waals surface area contributed by atoms with Gasteiger partial charge in [-0.2, -0.15) is 0 Å². The smallest absolute Gasteiger partial charge is 0.412 e. The molecule has 0 aliphatic rings. The van der Waals surface area contributed by atoms with Crippen molar-refractivity contribution in [3.8, 4) is 28.5 Å². The number of rotatable bonds is 4. The third kappa shape index (κ3) is 8.73. The number of hydrogen-bond acceptors (Lipinski definition) is 8. The maximum Gasteiger partial charge on any atom is 0.412 e. The van der Waals surface area contributed by atoms with E-state index in [1.54, 1.807) is 82.2 Å². The van der Waals surface area contributed by atoms with E-state index in [9.17, 15) is 18.8 Å². The van der Waals surface area contributed by atoms with Crippen molar-refractivity contribution in [2.45, 2.75) is 26.4 Å². The number of aromatic amines is 1. The fraction of sp³-hybridized carbons (Fsp3) is 0.138. The van der Waals surface area contributed by atoms with Gasteiger partial charge < -0.3 is 9.72 Å². The van der Waals surface area contributed by atoms with Gasteiger partial charge in [-0.1, -0.05) is 0 Å². The Kier molecular flexibility index (Phi) is 10.3. The molecule has 0 saturated carbocycles. The predicted octanol–water partition coefficient (Wildman–Crippen LogP) is 5.82. The molecule has 0 fully saturated rings. The van der Waals surface area contributed by atoms with Crippen LogP contribution in [0.4, 0.5) is 14.9 Å². The number of benzene rings is 1. The predicted molar refractivity (Wildman–Crippen MR) is 176 cm³/mol. The lowest BCUT2D eigenvalue weighted by Crippen LogP contribution is -2.27. The highest BCUT2D eigenvalue weighted by molar-refractivity contribution is 14.1. The van der Waals surface area contributed by atoms with E-state index in [0.29, 0.717) is 30.0 Å². The zero-order chi connectivity index (χ0) is 31.1. The number of anilines is 1. The van der Waals surface area contributed by atoms with Gasteiger partial charge >= 0.3 is 6.09 Å². The number of H-pyrrole nitrogens is 1. The molecule has 220 valence electrons. The standard InChI is InChI=1S/C20H18FIN4O3.C9H6IN3O/c1-20(2,3)29-19(28)25-16-10-13(5-6-14(16)21)26-11-12(9-15(22)18(26)27)17-23-7-4-8-24-17;10-7-4-6(5-13-9(7)14)8-11-2-1-3-12-8/h4-11H,1-3H3,(H,25,28);1-5H,(H,13,14). The number of aromatic nitrogens is 6. The van der Waals surface area contributed by atoms with E-state index in [1.165, 1.54) is 22.8 Å². The van der Waals surface area contributed by atoms with Gasteiger partial charge in [0.1, 0.15) is 11.4 Å². The average molecular weight is 807 g/mol. The van der Waals surface area contributed by atoms with E-state index in [4.69, 9.17) is 4.74 Å². The third-order valence-corrected chi connectivity index (χ3v) is 6.92. The molecular weight excluding hydrogens is 783 g/mol. The Hall–Kier alpha value is -4.06. The molecule has 14 heteroatoms. The molecule has 4 aromatic heterocycles. The maximum atomic E-state index is 14.2. The molecule has 0 aliphatic heterocycles. The van der Waals surface area contributed by atoms with Gasteiger partial charge in [0, 0.05) is 48.3 Å². The van der Waals surface area contributed by atoms with Gasteiger partial charge in [-0.25, -0.2) is 29.1 Å². The van der Waals surface area contributed by atoms with Crippen molar-refractivity contribution in [1.29, 1.82) is 0 Å². The largest absolute Gasteiger partial charge is 0.444 e. The van der Waals surface area contributed by atoms with Crippen LogP contribution in [0, 0.1) is 13.0 Å². The van der Waals surface area contributed by atoms with Crippen LogP contribution in [0.25, 0.3) is 28.5 Å². The number of nitrogens with one attached hydrogen (secondary N) is 2. The molecule has 1 aromatic carbocycles. The monoisotopic (exact) mass is 807 g/mol. The normalized spacial score (nSPS) is 10.8. The van der Waals surface area contributed by atoms with Crippen LogP contribution in [0.5, 0.6) is 0 Å². The second kappa shape index (κ2) is 13.9. The molecule has 11 nitrogen and oxygen atoms in total. The van der Waals surface area contributed by atoms with Crippen LogP contribution in [0.1, 0.15) is 20.8 Å². The summed E-state index contributed by atoms with van der Waals surface area (Å²) in [6.45, 7) is 5.12. The second-order valence-electron chi connectivity index (χ2n) is 9.75. The Labute approximate surface area is 272 Å². The van der Waals surface area contributed by atoms with Crippen molar-refractivity contribution in [1.82, 2.24) is 29.5 Å². The fourth-order valence-corrected chi connectivity index (χ4v) is 4.60. The number of ether oxygens (including phenoxy) is 1. The lowest BCUT2D eigenvalue weighted by Gasteiger charge is -2.20. The summed E-state index contributed by atoms with van der Waals surface area (Å²) < 4.78 is 21.8. The van der Waals surface area contributed by atoms with Gasteiger partial charge in [-0.3, -0.25) is 19.5 Å². The number of carbonyl (C=O) groups excluding carboxylic acids is 1. The highest BCUT2D eigenvalue weighted by atomic mass is 127. The van der Waals surface area contributed by atoms with Crippen molar-refractivity contribution in [3.63, 3.8) is 0 Å². The molecule has 5 rings (SSSR count). The molecule has 43 heavy (non-hydrogen) atoms. The van der Waals surface area contributed by atoms with E-state index >= 15 is 0 Å². The van der Waals surface area contributed by atoms with Crippen LogP contribution >= 0.6 is 45.2 Å². The number of amides is 1. The van der Waals surface area contributed by atoms with Crippen LogP contribution in [0.15, 0.2) is 89.2 Å². The van der Waals surface area contributed by atoms with Crippen molar-refractivity contribution in [2.75, 3.05) is 5.32 Å². The first-order valence-electron chi connectivity index (χ1n) is 12.6. The van der Waals surface area contributed by atoms with Crippen LogP contribution in [-0.2, 0) is 4.74 Å². The SMILES string of the molecule is CC(C)(C)OC(=O)Nc1cc(-n2cc(-c3ncccn3)cc(I)c2=O)ccc1F.O=c1[nH]cc(-c2ncccn2)cc1I. The second-order valence-corrected chi connectivity index (χ2v) is 12.1. The topological polar surface area (TPSA) is 145 Å². The zero-order valence-corrected chi connectivity index (χ0v) is 27.3. The van der Waals surface area contributed by atoms with Crippen LogP contribution in [0.2, 0.25) is 0 Å². The number of carbonyl (C=O) groups is 1. The molecule has 0 bridgehead atoms. The van der Waals surface area contributed by atoms with Gasteiger partial charge in [0.15, 0.2) is 11.6 Å². The first-order valence-corrected chi connectivity index (χ1v) is 14.7. The summed E-state index contributed by atoms with van der Waals surface area (Å²) in [5, 5.41) is 2.38. The van der Waals surface area contributed by atoms with Gasteiger partial charge in [0.25, 0.3) is 11.1 Å². The Balaban J connectivity index is 0.000000251. The first-order chi connectivity index (χ1) is 20.4. The molecule has 0 aliphatic carbocycles. The van der Waals surface area contributed by atoms with Crippen molar-refractivity contribution >= 4 is 57.0 Å². The quantitative estimate of drug-likeness (QED) is 0.216. The van der Waals surface area contributed by atoms with Crippen molar-refractivity contribution < 1.29 is 13.9 Å². The first kappa shape index (κ1) is 31.9. The number of halogens is 3. The van der Waals surface area contributed by atoms with Gasteiger partial charge in [0.05, 0.1) is 18.5 Å². The Bertz CT molecular complexity index is 1860. The summed E-state index contributed by atoms with van der Waals surface area (Å²) in [6, 6.07) is 10.9. The van der Waals surface area contributed by atoms with Crippen LogP contribution in [-0.4, -0.2) is 41.2 Å². The van der Waals surface area contributed by atoms with E-state index in [1.807, 2.05) is 45.2 Å². The summed E-state index contributed by atoms with van der Waals surface area (Å²) >= 11 is 3.90. The van der Waals surface area contributed by atoms with E-state index in [0.717, 1.165) is 5.56 Å². The summed E-state index contributed by atoms with van der Waals surface area (Å²) in [5.74, 6) is 0.417. The minimum atomic E-state index is -0.790. The maximum absolute atomic E-state index is 14.2. The molecule has 0 atom stereocenters. The molecule has 4 heterocycles. The van der Waals surface area contributed by atoms with Crippen LogP contribution in [0.3, 0.4) is 0 Å². The van der Waals surface area contributed by atoms with Gasteiger partial charge in [-0.15, -0.1) is 0 Å². The summed E-state index contributed by atoms with van der Waals surface area (Å²) in [6.07, 6.45) is 8.93. The highest BCUT2D eigenvalue weighted by Gasteiger charge is 2.18. The zero-order valence-electron chi connectivity index (χ0n) is 23.0. The third-order valence-electron chi connectivity index (χ3n) is 5.34. The Morgan fingerprint density at radius 3 is 2.07 bits per heavy atom. The van der Waals surface area contributed by atoms with Crippen molar-refractivity contribution in [3.05, 3.63) is 113 Å². The van der Waals surface area contributed by atoms with E-state index in [2.05, 4.69) is 30.2 Å². The number of nitrogens with zero attached hydrogens (tertiary/aromatic N) is 5. The summed E-state index contributed by atoms with van der Waals surface area (Å²) in [5.41, 5.74) is 0.605. The lowest BCUT2D eigenvalue weighted by molar-refractivity contribution is 0.0635. The van der Waals surface area contributed by atoms with E-state index in [-0.39, 0.29) is 16.8 Å². The number of hydrogen-bond donors (Lipinski definition) is 2. The van der Waals surface area contributed by atoms with Gasteiger partial charge in [0.2, 0.25) is 0 Å². The minimum Gasteiger partial charge on any atom is -0.444 e. The summed E-state index contributed by atoms with van der Waals surface area (Å²) in [4.78, 5) is 55.0. The molecule has 2 N–H and O–H groups in total. The molecular formula is C29H24FI2N7O4. The van der Waals surface area contributed by atoms with E-state index < -0.39 is 17.5 Å².